The van der Waals surface area contributed by atoms with Gasteiger partial charge in [-0.2, -0.15) is 0 Å². The number of nitrogens with zero attached hydrogens (tertiary/aromatic N) is 1. The van der Waals surface area contributed by atoms with Gasteiger partial charge in [-0.1, -0.05) is 27.7 Å². The summed E-state index contributed by atoms with van der Waals surface area (Å²) in [7, 11) is 0. The summed E-state index contributed by atoms with van der Waals surface area (Å²) in [5, 5.41) is 18.3. The Kier molecular flexibility index (Phi) is 2.45. The lowest BCUT2D eigenvalue weighted by molar-refractivity contribution is -0.183. The summed E-state index contributed by atoms with van der Waals surface area (Å²) in [5.41, 5.74) is -1.91. The lowest BCUT2D eigenvalue weighted by atomic mass is 9.60. The Morgan fingerprint density at radius 3 is 1.93 bits per heavy atom. The highest BCUT2D eigenvalue weighted by Crippen LogP contribution is 2.49. The third-order valence-electron chi connectivity index (χ3n) is 3.30. The molecule has 0 aliphatic carbocycles. The molecule has 1 aliphatic rings. The van der Waals surface area contributed by atoms with E-state index in [4.69, 9.17) is 5.11 Å². The first-order chi connectivity index (χ1) is 6.65. The molecule has 1 saturated heterocycles. The Morgan fingerprint density at radius 1 is 1.33 bits per heavy atom. The van der Waals surface area contributed by atoms with Gasteiger partial charge in [0, 0.05) is 12.5 Å². The van der Waals surface area contributed by atoms with Gasteiger partial charge in [0.2, 0.25) is 0 Å². The van der Waals surface area contributed by atoms with Crippen LogP contribution in [0.1, 0.15) is 27.7 Å². The molecule has 0 radical (unpaired) electrons. The molecule has 1 unspecified atom stereocenters. The number of likely N-dealkylation sites (tertiary alicyclic amines) is 1. The van der Waals surface area contributed by atoms with E-state index in [1.165, 1.54) is 0 Å². The van der Waals surface area contributed by atoms with Crippen molar-refractivity contribution in [2.24, 2.45) is 11.3 Å². The quantitative estimate of drug-likeness (QED) is 0.694. The van der Waals surface area contributed by atoms with Crippen LogP contribution in [0.3, 0.4) is 0 Å². The van der Waals surface area contributed by atoms with E-state index in [1.807, 2.05) is 0 Å². The Morgan fingerprint density at radius 2 is 1.80 bits per heavy atom. The summed E-state index contributed by atoms with van der Waals surface area (Å²) >= 11 is 0. The monoisotopic (exact) mass is 215 g/mol. The Balaban J connectivity index is 3.21. The molecule has 1 fully saturated rings. The van der Waals surface area contributed by atoms with E-state index in [0.29, 0.717) is 6.54 Å². The molecule has 0 aromatic carbocycles. The molecule has 5 nitrogen and oxygen atoms in total. The molecule has 1 rings (SSSR count). The van der Waals surface area contributed by atoms with Crippen molar-refractivity contribution in [2.45, 2.75) is 33.2 Å². The van der Waals surface area contributed by atoms with E-state index in [2.05, 4.69) is 0 Å². The number of aliphatic carboxylic acids is 1. The van der Waals surface area contributed by atoms with E-state index in [9.17, 15) is 14.7 Å². The number of amides is 1. The Bertz CT molecular complexity index is 307. The van der Waals surface area contributed by atoms with Gasteiger partial charge in [-0.05, 0) is 5.41 Å². The topological polar surface area (TPSA) is 77.8 Å². The second kappa shape index (κ2) is 3.12. The van der Waals surface area contributed by atoms with Crippen LogP contribution in [0.2, 0.25) is 0 Å². The first-order valence-electron chi connectivity index (χ1n) is 4.89. The normalized spacial score (nSPS) is 30.9. The lowest BCUT2D eigenvalue weighted by Crippen LogP contribution is -2.77. The molecule has 1 amide bonds. The molecule has 15 heavy (non-hydrogen) atoms. The third kappa shape index (κ3) is 1.29. The van der Waals surface area contributed by atoms with Crippen LogP contribution in [0.25, 0.3) is 0 Å². The van der Waals surface area contributed by atoms with Crippen molar-refractivity contribution in [2.75, 3.05) is 6.54 Å². The second-order valence-corrected chi connectivity index (χ2v) is 5.12. The highest BCUT2D eigenvalue weighted by atomic mass is 16.4. The van der Waals surface area contributed by atoms with Crippen molar-refractivity contribution in [3.63, 3.8) is 0 Å². The summed E-state index contributed by atoms with van der Waals surface area (Å²) in [6.07, 6.45) is -1.16. The van der Waals surface area contributed by atoms with Crippen LogP contribution in [-0.2, 0) is 4.79 Å². The number of hydrogen-bond donors (Lipinski definition) is 2. The first-order valence-corrected chi connectivity index (χ1v) is 4.89. The maximum Gasteiger partial charge on any atom is 0.408 e. The van der Waals surface area contributed by atoms with Gasteiger partial charge in [-0.25, -0.2) is 9.59 Å². The molecule has 0 aromatic heterocycles. The largest absolute Gasteiger partial charge is 0.479 e. The number of carboxylic acid groups (broad SMARTS) is 2. The molecule has 0 aromatic rings. The summed E-state index contributed by atoms with van der Waals surface area (Å²) in [6, 6.07) is 0. The number of hydrogen-bond acceptors (Lipinski definition) is 2. The fourth-order valence-electron chi connectivity index (χ4n) is 2.72. The zero-order valence-electron chi connectivity index (χ0n) is 9.44. The van der Waals surface area contributed by atoms with Crippen LogP contribution in [0.15, 0.2) is 0 Å². The van der Waals surface area contributed by atoms with Gasteiger partial charge in [-0.15, -0.1) is 0 Å². The van der Waals surface area contributed by atoms with Crippen molar-refractivity contribution in [3.05, 3.63) is 0 Å². The van der Waals surface area contributed by atoms with E-state index in [0.717, 1.165) is 4.90 Å². The number of carboxylic acids is 1. The van der Waals surface area contributed by atoms with Gasteiger partial charge in [0.25, 0.3) is 0 Å². The van der Waals surface area contributed by atoms with Crippen molar-refractivity contribution in [3.8, 4) is 0 Å². The van der Waals surface area contributed by atoms with E-state index >= 15 is 0 Å². The zero-order valence-corrected chi connectivity index (χ0v) is 9.44. The summed E-state index contributed by atoms with van der Waals surface area (Å²) in [6.45, 7) is 7.34. The van der Waals surface area contributed by atoms with Crippen molar-refractivity contribution in [1.29, 1.82) is 0 Å². The average Bonchev–Trinajstić information content (AvgIpc) is 1.95. The highest BCUT2D eigenvalue weighted by molar-refractivity contribution is 5.87. The van der Waals surface area contributed by atoms with Crippen LogP contribution in [0, 0.1) is 11.3 Å². The summed E-state index contributed by atoms with van der Waals surface area (Å²) < 4.78 is 0. The Hall–Kier alpha value is -1.26. The minimum Gasteiger partial charge on any atom is -0.479 e. The fourth-order valence-corrected chi connectivity index (χ4v) is 2.72. The first kappa shape index (κ1) is 11.8. The van der Waals surface area contributed by atoms with Crippen LogP contribution < -0.4 is 0 Å². The molecule has 0 saturated carbocycles. The van der Waals surface area contributed by atoms with Gasteiger partial charge < -0.3 is 10.2 Å². The molecule has 0 bridgehead atoms. The lowest BCUT2D eigenvalue weighted by Gasteiger charge is -2.59. The average molecular weight is 215 g/mol. The molecule has 1 heterocycles. The van der Waals surface area contributed by atoms with E-state index in [1.54, 1.807) is 27.7 Å². The number of rotatable bonds is 1. The van der Waals surface area contributed by atoms with E-state index in [-0.39, 0.29) is 5.92 Å². The fraction of sp³-hybridized carbons (Fsp3) is 0.800. The van der Waals surface area contributed by atoms with Crippen molar-refractivity contribution in [1.82, 2.24) is 4.90 Å². The standard InChI is InChI=1S/C10H17NO4/c1-6-5-11(8(14)15)10(6,7(12)13)9(2,3)4/h6H,5H2,1-4H3,(H,12,13)(H,14,15)/t6-,10?/m0/s1. The third-order valence-corrected chi connectivity index (χ3v) is 3.30. The van der Waals surface area contributed by atoms with Crippen LogP contribution in [0.5, 0.6) is 0 Å². The maximum atomic E-state index is 11.4. The van der Waals surface area contributed by atoms with Gasteiger partial charge in [-0.3, -0.25) is 4.90 Å². The molecule has 2 atom stereocenters. The van der Waals surface area contributed by atoms with Gasteiger partial charge >= 0.3 is 12.1 Å². The maximum absolute atomic E-state index is 11.4. The van der Waals surface area contributed by atoms with Crippen LogP contribution in [-0.4, -0.2) is 39.3 Å². The van der Waals surface area contributed by atoms with E-state index < -0.39 is 23.0 Å². The molecule has 86 valence electrons. The van der Waals surface area contributed by atoms with Crippen LogP contribution in [0.4, 0.5) is 4.79 Å². The van der Waals surface area contributed by atoms with Gasteiger partial charge in [0.15, 0.2) is 5.54 Å². The molecule has 5 heteroatoms. The van der Waals surface area contributed by atoms with Gasteiger partial charge in [0.1, 0.15) is 0 Å². The summed E-state index contributed by atoms with van der Waals surface area (Å²) in [4.78, 5) is 23.4. The molecule has 2 N–H and O–H groups in total. The van der Waals surface area contributed by atoms with Crippen LogP contribution >= 0.6 is 0 Å². The molecular formula is C10H17NO4. The van der Waals surface area contributed by atoms with Crippen molar-refractivity contribution < 1.29 is 19.8 Å². The smallest absolute Gasteiger partial charge is 0.408 e. The molecule has 0 spiro atoms. The predicted molar refractivity (Wildman–Crippen MR) is 53.7 cm³/mol. The molecular weight excluding hydrogens is 198 g/mol. The van der Waals surface area contributed by atoms with Crippen molar-refractivity contribution >= 4 is 12.1 Å². The second-order valence-electron chi connectivity index (χ2n) is 5.12. The SMILES string of the molecule is C[C@H]1CN(C(=O)O)C1(C(=O)O)C(C)(C)C. The Labute approximate surface area is 88.7 Å². The summed E-state index contributed by atoms with van der Waals surface area (Å²) in [5.74, 6) is -1.22. The van der Waals surface area contributed by atoms with Gasteiger partial charge in [0.05, 0.1) is 0 Å². The minimum atomic E-state index is -1.29. The highest BCUT2D eigenvalue weighted by Gasteiger charge is 2.65. The predicted octanol–water partition coefficient (Wildman–Crippen LogP) is 1.49. The zero-order chi connectivity index (χ0) is 12.0. The molecule has 1 aliphatic heterocycles. The minimum absolute atomic E-state index is 0.161. The number of carbonyl (C=O) groups is 2.